The molecule has 5 N–H and O–H groups in total. The molecule has 3 aromatic rings. The van der Waals surface area contributed by atoms with E-state index < -0.39 is 17.7 Å². The Kier molecular flexibility index (Phi) is 7.34. The number of alkyl halides is 3. The molecule has 8 nitrogen and oxygen atoms in total. The van der Waals surface area contributed by atoms with Gasteiger partial charge in [0.1, 0.15) is 5.56 Å². The number of hydrogen-bond acceptors (Lipinski definition) is 6. The van der Waals surface area contributed by atoms with Gasteiger partial charge in [-0.3, -0.25) is 0 Å². The molecule has 0 amide bonds. The van der Waals surface area contributed by atoms with Gasteiger partial charge in [0.25, 0.3) is 0 Å². The zero-order valence-corrected chi connectivity index (χ0v) is 20.4. The summed E-state index contributed by atoms with van der Waals surface area (Å²) in [7, 11) is 0. The van der Waals surface area contributed by atoms with Crippen molar-refractivity contribution in [1.29, 1.82) is 0 Å². The van der Waals surface area contributed by atoms with Gasteiger partial charge in [0, 0.05) is 40.9 Å². The lowest BCUT2D eigenvalue weighted by molar-refractivity contribution is -0.137. The Morgan fingerprint density at radius 2 is 1.92 bits per heavy atom. The fraction of sp³-hybridized carbons (Fsp3) is 0.500. The Labute approximate surface area is 212 Å². The van der Waals surface area contributed by atoms with Crippen molar-refractivity contribution < 1.29 is 23.1 Å². The first-order valence-corrected chi connectivity index (χ1v) is 12.8. The van der Waals surface area contributed by atoms with E-state index in [1.54, 1.807) is 0 Å². The molecule has 2 fully saturated rings. The molecule has 0 bridgehead atoms. The molecule has 1 saturated carbocycles. The molecular weight excluding hydrogens is 485 g/mol. The quantitative estimate of drug-likeness (QED) is 0.296. The highest BCUT2D eigenvalue weighted by Gasteiger charge is 2.36. The van der Waals surface area contributed by atoms with Crippen LogP contribution in [0.15, 0.2) is 30.6 Å². The van der Waals surface area contributed by atoms with E-state index in [-0.39, 0.29) is 28.8 Å². The summed E-state index contributed by atoms with van der Waals surface area (Å²) in [4.78, 5) is 22.4. The number of nitrogens with zero attached hydrogens (tertiary/aromatic N) is 2. The van der Waals surface area contributed by atoms with Gasteiger partial charge < -0.3 is 26.0 Å². The third-order valence-electron chi connectivity index (χ3n) is 7.49. The summed E-state index contributed by atoms with van der Waals surface area (Å²) in [5.74, 6) is -0.193. The largest absolute Gasteiger partial charge is 0.478 e. The maximum atomic E-state index is 13.9. The summed E-state index contributed by atoms with van der Waals surface area (Å²) in [6, 6.07) is 4.70. The smallest absolute Gasteiger partial charge is 0.419 e. The van der Waals surface area contributed by atoms with E-state index in [1.807, 2.05) is 0 Å². The maximum absolute atomic E-state index is 13.9. The highest BCUT2D eigenvalue weighted by atomic mass is 19.4. The van der Waals surface area contributed by atoms with Crippen LogP contribution in [0.2, 0.25) is 0 Å². The van der Waals surface area contributed by atoms with Crippen LogP contribution in [0.3, 0.4) is 0 Å². The molecule has 1 aromatic carbocycles. The number of carboxylic acid groups (broad SMARTS) is 1. The Morgan fingerprint density at radius 1 is 1.14 bits per heavy atom. The maximum Gasteiger partial charge on any atom is 0.419 e. The number of rotatable bonds is 8. The van der Waals surface area contributed by atoms with E-state index in [2.05, 4.69) is 30.9 Å². The molecule has 1 aliphatic carbocycles. The van der Waals surface area contributed by atoms with Crippen LogP contribution in [0.1, 0.15) is 54.4 Å². The number of nitrogens with one attached hydrogen (secondary N) is 4. The zero-order valence-electron chi connectivity index (χ0n) is 20.4. The molecule has 0 unspecified atom stereocenters. The fourth-order valence-electron chi connectivity index (χ4n) is 5.46. The molecule has 2 aliphatic rings. The predicted octanol–water partition coefficient (Wildman–Crippen LogP) is 4.65. The van der Waals surface area contributed by atoms with Gasteiger partial charge in [0.2, 0.25) is 5.95 Å². The minimum Gasteiger partial charge on any atom is -0.478 e. The zero-order chi connectivity index (χ0) is 26.0. The van der Waals surface area contributed by atoms with Gasteiger partial charge in [-0.05, 0) is 76.2 Å². The van der Waals surface area contributed by atoms with Crippen molar-refractivity contribution in [3.05, 3.63) is 41.7 Å². The number of halogens is 3. The van der Waals surface area contributed by atoms with Gasteiger partial charge in [-0.15, -0.1) is 0 Å². The summed E-state index contributed by atoms with van der Waals surface area (Å²) in [6.07, 6.45) is 3.95. The number of benzene rings is 1. The van der Waals surface area contributed by atoms with E-state index in [1.165, 1.54) is 43.7 Å². The van der Waals surface area contributed by atoms with Crippen molar-refractivity contribution in [3.8, 4) is 11.3 Å². The van der Waals surface area contributed by atoms with E-state index >= 15 is 0 Å². The van der Waals surface area contributed by atoms with Crippen LogP contribution in [0.25, 0.3) is 22.2 Å². The van der Waals surface area contributed by atoms with Crippen molar-refractivity contribution in [1.82, 2.24) is 25.6 Å². The number of aromatic nitrogens is 3. The molecule has 198 valence electrons. The van der Waals surface area contributed by atoms with E-state index in [9.17, 15) is 23.1 Å². The second-order valence-corrected chi connectivity index (χ2v) is 10.0. The second-order valence-electron chi connectivity index (χ2n) is 10.0. The van der Waals surface area contributed by atoms with E-state index in [0.29, 0.717) is 16.9 Å². The normalized spacial score (nSPS) is 20.9. The number of carboxylic acids is 1. The van der Waals surface area contributed by atoms with Gasteiger partial charge in [0.05, 0.1) is 11.3 Å². The van der Waals surface area contributed by atoms with E-state index in [0.717, 1.165) is 51.0 Å². The van der Waals surface area contributed by atoms with Gasteiger partial charge in [-0.1, -0.05) is 6.07 Å². The lowest BCUT2D eigenvalue weighted by Gasteiger charge is -2.23. The molecule has 2 atom stereocenters. The van der Waals surface area contributed by atoms with Crippen molar-refractivity contribution in [2.24, 2.45) is 5.92 Å². The Hall–Kier alpha value is -3.18. The number of aromatic carboxylic acids is 1. The van der Waals surface area contributed by atoms with Crippen LogP contribution in [0, 0.1) is 5.92 Å². The van der Waals surface area contributed by atoms with Crippen molar-refractivity contribution in [2.45, 2.75) is 56.8 Å². The predicted molar refractivity (Wildman–Crippen MR) is 135 cm³/mol. The number of hydrogen-bond donors (Lipinski definition) is 5. The number of carbonyl (C=O) groups is 1. The molecule has 3 heterocycles. The number of anilines is 1. The van der Waals surface area contributed by atoms with Crippen LogP contribution >= 0.6 is 0 Å². The van der Waals surface area contributed by atoms with Crippen molar-refractivity contribution in [2.75, 3.05) is 25.0 Å². The van der Waals surface area contributed by atoms with E-state index in [4.69, 9.17) is 0 Å². The molecule has 5 rings (SSSR count). The number of piperidine rings is 1. The summed E-state index contributed by atoms with van der Waals surface area (Å²) in [5, 5.41) is 19.9. The van der Waals surface area contributed by atoms with Crippen molar-refractivity contribution >= 4 is 22.8 Å². The summed E-state index contributed by atoms with van der Waals surface area (Å²) in [5.41, 5.74) is -0.472. The molecular formula is C26H31F3N6O2. The third-order valence-corrected chi connectivity index (χ3v) is 7.49. The SMILES string of the molecule is O=C(O)c1ccc2c(-c3nc(N[C@H]4CC[C@H](NCCC5CCNCC5)C4)ncc3C(F)(F)F)c[nH]c2c1. The monoisotopic (exact) mass is 516 g/mol. The van der Waals surface area contributed by atoms with Gasteiger partial charge >= 0.3 is 12.1 Å². The molecule has 11 heteroatoms. The molecule has 1 aliphatic heterocycles. The highest BCUT2D eigenvalue weighted by molar-refractivity contribution is 5.99. The summed E-state index contributed by atoms with van der Waals surface area (Å²) < 4.78 is 41.6. The first-order valence-electron chi connectivity index (χ1n) is 12.8. The minimum atomic E-state index is -4.64. The molecule has 0 spiro atoms. The molecule has 1 saturated heterocycles. The first-order chi connectivity index (χ1) is 17.8. The molecule has 2 aromatic heterocycles. The highest BCUT2D eigenvalue weighted by Crippen LogP contribution is 2.39. The summed E-state index contributed by atoms with van der Waals surface area (Å²) in [6.45, 7) is 3.17. The third kappa shape index (κ3) is 5.88. The van der Waals surface area contributed by atoms with Crippen molar-refractivity contribution in [3.63, 3.8) is 0 Å². The number of aromatic amines is 1. The Balaban J connectivity index is 1.29. The van der Waals surface area contributed by atoms with Gasteiger partial charge in [-0.2, -0.15) is 13.2 Å². The number of H-pyrrole nitrogens is 1. The average molecular weight is 517 g/mol. The van der Waals surface area contributed by atoms with Crippen LogP contribution in [0.5, 0.6) is 0 Å². The van der Waals surface area contributed by atoms with Crippen LogP contribution < -0.4 is 16.0 Å². The molecule has 0 radical (unpaired) electrons. The number of fused-ring (bicyclic) bond motifs is 1. The Morgan fingerprint density at radius 3 is 2.68 bits per heavy atom. The van der Waals surface area contributed by atoms with Gasteiger partial charge in [0.15, 0.2) is 0 Å². The summed E-state index contributed by atoms with van der Waals surface area (Å²) >= 11 is 0. The second kappa shape index (κ2) is 10.7. The lowest BCUT2D eigenvalue weighted by atomic mass is 9.94. The van der Waals surface area contributed by atoms with Crippen LogP contribution in [0.4, 0.5) is 19.1 Å². The van der Waals surface area contributed by atoms with Crippen LogP contribution in [-0.4, -0.2) is 57.7 Å². The standard InChI is InChI=1S/C26H31F3N6O2/c27-26(28,29)21-14-33-25(34-18-3-2-17(12-18)31-10-7-15-5-8-30-9-6-15)35-23(21)20-13-32-22-11-16(24(36)37)1-4-19(20)22/h1,4,11,13-15,17-18,30-32H,2-3,5-10,12H2,(H,36,37)(H,33,34,35)/t17-,18-/m0/s1. The lowest BCUT2D eigenvalue weighted by Crippen LogP contribution is -2.33. The Bertz CT molecular complexity index is 1250. The first kappa shape index (κ1) is 25.5. The average Bonchev–Trinajstić information content (AvgIpc) is 3.50. The fourth-order valence-corrected chi connectivity index (χ4v) is 5.46. The molecule has 37 heavy (non-hydrogen) atoms. The van der Waals surface area contributed by atoms with Crippen LogP contribution in [-0.2, 0) is 6.18 Å². The van der Waals surface area contributed by atoms with Gasteiger partial charge in [-0.25, -0.2) is 14.8 Å². The minimum absolute atomic E-state index is 0.0436. The topological polar surface area (TPSA) is 115 Å².